The molecule has 1 heterocycles. The van der Waals surface area contributed by atoms with Crippen molar-refractivity contribution in [3.63, 3.8) is 0 Å². The lowest BCUT2D eigenvalue weighted by Crippen LogP contribution is -2.26. The Bertz CT molecular complexity index is 1670. The van der Waals surface area contributed by atoms with Gasteiger partial charge in [-0.05, 0) is 77.3 Å². The van der Waals surface area contributed by atoms with E-state index in [9.17, 15) is 0 Å². The zero-order valence-corrected chi connectivity index (χ0v) is 29.2. The van der Waals surface area contributed by atoms with Gasteiger partial charge in [-0.2, -0.15) is 0 Å². The standard InChI is InChI=1S/C45H57N/c1-5-8-10-12-14-20-30-45(31-21-15-13-11-9-6-2)41-32-35(34(4)7-3)26-28-37(41)38-29-27-36(33-42(38)45)46-43-24-18-16-22-39(43)40-23-17-19-25-44(40)46/h16-19,22-29,32-34H,5-15,20-21,30-31H2,1-4H3. The molecule has 0 fully saturated rings. The first-order valence-electron chi connectivity index (χ1n) is 18.9. The predicted octanol–water partition coefficient (Wildman–Crippen LogP) is 14.1. The SMILES string of the molecule is CCCCCCCCC1(CCCCCCCC)c2cc(C(C)CC)ccc2-c2ccc(-n3c4ccccc4c4ccccc43)cc21. The monoisotopic (exact) mass is 611 g/mol. The maximum absolute atomic E-state index is 2.65. The van der Waals surface area contributed by atoms with E-state index in [2.05, 4.69) is 117 Å². The molecular formula is C45H57N. The third-order valence-electron chi connectivity index (χ3n) is 11.3. The smallest absolute Gasteiger partial charge is 0.0541 e. The van der Waals surface area contributed by atoms with Crippen LogP contribution in [0.2, 0.25) is 0 Å². The highest BCUT2D eigenvalue weighted by Gasteiger charge is 2.42. The topological polar surface area (TPSA) is 4.93 Å². The summed E-state index contributed by atoms with van der Waals surface area (Å²) in [7, 11) is 0. The molecule has 0 bridgehead atoms. The summed E-state index contributed by atoms with van der Waals surface area (Å²) in [6.07, 6.45) is 19.9. The third kappa shape index (κ3) is 6.32. The fourth-order valence-electron chi connectivity index (χ4n) is 8.46. The number of fused-ring (bicyclic) bond motifs is 6. The Kier molecular flexibility index (Phi) is 10.7. The van der Waals surface area contributed by atoms with Gasteiger partial charge in [-0.1, -0.05) is 165 Å². The number of aromatic nitrogens is 1. The Morgan fingerprint density at radius 3 is 1.61 bits per heavy atom. The minimum Gasteiger partial charge on any atom is -0.309 e. The van der Waals surface area contributed by atoms with Gasteiger partial charge in [0.05, 0.1) is 11.0 Å². The summed E-state index contributed by atoms with van der Waals surface area (Å²) >= 11 is 0. The fraction of sp³-hybridized carbons (Fsp3) is 0.467. The van der Waals surface area contributed by atoms with E-state index in [0.29, 0.717) is 5.92 Å². The van der Waals surface area contributed by atoms with E-state index in [0.717, 1.165) is 0 Å². The van der Waals surface area contributed by atoms with Crippen molar-refractivity contribution in [2.24, 2.45) is 0 Å². The number of benzene rings is 4. The molecule has 1 aliphatic rings. The first-order valence-corrected chi connectivity index (χ1v) is 18.9. The molecule has 0 aliphatic heterocycles. The molecule has 1 aliphatic carbocycles. The normalized spacial score (nSPS) is 14.2. The molecule has 0 saturated carbocycles. The fourth-order valence-corrected chi connectivity index (χ4v) is 8.46. The summed E-state index contributed by atoms with van der Waals surface area (Å²) in [5, 5.41) is 2.68. The van der Waals surface area contributed by atoms with Gasteiger partial charge in [0.1, 0.15) is 0 Å². The minimum atomic E-state index is 0.0818. The van der Waals surface area contributed by atoms with Gasteiger partial charge in [0, 0.05) is 21.9 Å². The van der Waals surface area contributed by atoms with Gasteiger partial charge in [0.15, 0.2) is 0 Å². The molecule has 1 nitrogen and oxygen atoms in total. The molecule has 1 unspecified atom stereocenters. The first kappa shape index (κ1) is 32.6. The Hall–Kier alpha value is -3.32. The molecule has 0 spiro atoms. The van der Waals surface area contributed by atoms with Crippen LogP contribution in [0, 0.1) is 0 Å². The second-order valence-electron chi connectivity index (χ2n) is 14.3. The lowest BCUT2D eigenvalue weighted by atomic mass is 9.70. The molecule has 6 rings (SSSR count). The van der Waals surface area contributed by atoms with Gasteiger partial charge in [-0.25, -0.2) is 0 Å². The molecule has 0 N–H and O–H groups in total. The van der Waals surface area contributed by atoms with E-state index in [4.69, 9.17) is 0 Å². The minimum absolute atomic E-state index is 0.0818. The molecule has 0 saturated heterocycles. The van der Waals surface area contributed by atoms with Crippen LogP contribution in [-0.4, -0.2) is 4.57 Å². The molecule has 242 valence electrons. The van der Waals surface area contributed by atoms with Gasteiger partial charge in [0.25, 0.3) is 0 Å². The van der Waals surface area contributed by atoms with Crippen molar-refractivity contribution in [2.45, 2.75) is 135 Å². The van der Waals surface area contributed by atoms with Crippen molar-refractivity contribution >= 4 is 21.8 Å². The Balaban J connectivity index is 1.47. The van der Waals surface area contributed by atoms with Crippen molar-refractivity contribution in [3.05, 3.63) is 102 Å². The summed E-state index contributed by atoms with van der Waals surface area (Å²) in [6.45, 7) is 9.40. The van der Waals surface area contributed by atoms with Crippen LogP contribution in [0.5, 0.6) is 0 Å². The van der Waals surface area contributed by atoms with Crippen LogP contribution >= 0.6 is 0 Å². The molecule has 1 aromatic heterocycles. The lowest BCUT2D eigenvalue weighted by molar-refractivity contribution is 0.397. The zero-order valence-electron chi connectivity index (χ0n) is 29.2. The summed E-state index contributed by atoms with van der Waals surface area (Å²) < 4.78 is 2.53. The molecule has 0 amide bonds. The number of para-hydroxylation sites is 2. The Labute approximate surface area is 279 Å². The van der Waals surface area contributed by atoms with Crippen LogP contribution in [0.1, 0.15) is 147 Å². The Morgan fingerprint density at radius 2 is 1.04 bits per heavy atom. The van der Waals surface area contributed by atoms with E-state index in [1.807, 2.05) is 0 Å². The summed E-state index contributed by atoms with van der Waals surface area (Å²) in [4.78, 5) is 0. The maximum Gasteiger partial charge on any atom is 0.0541 e. The van der Waals surface area contributed by atoms with Crippen molar-refractivity contribution in [1.82, 2.24) is 4.57 Å². The molecule has 1 heteroatoms. The second kappa shape index (κ2) is 15.1. The second-order valence-corrected chi connectivity index (χ2v) is 14.3. The molecule has 0 radical (unpaired) electrons. The quantitative estimate of drug-likeness (QED) is 0.0922. The predicted molar refractivity (Wildman–Crippen MR) is 202 cm³/mol. The molecular weight excluding hydrogens is 555 g/mol. The van der Waals surface area contributed by atoms with E-state index in [-0.39, 0.29) is 5.41 Å². The Morgan fingerprint density at radius 1 is 0.543 bits per heavy atom. The lowest BCUT2D eigenvalue weighted by Gasteiger charge is -2.34. The molecule has 46 heavy (non-hydrogen) atoms. The molecule has 5 aromatic rings. The van der Waals surface area contributed by atoms with Crippen LogP contribution < -0.4 is 0 Å². The zero-order chi connectivity index (χ0) is 31.9. The van der Waals surface area contributed by atoms with E-state index in [1.54, 1.807) is 11.1 Å². The summed E-state index contributed by atoms with van der Waals surface area (Å²) in [5.74, 6) is 0.586. The molecule has 1 atom stereocenters. The summed E-state index contributed by atoms with van der Waals surface area (Å²) in [5.41, 5.74) is 11.7. The van der Waals surface area contributed by atoms with E-state index < -0.39 is 0 Å². The van der Waals surface area contributed by atoms with Gasteiger partial charge in [-0.15, -0.1) is 0 Å². The molecule has 4 aromatic carbocycles. The highest BCUT2D eigenvalue weighted by molar-refractivity contribution is 6.09. The number of hydrogen-bond donors (Lipinski definition) is 0. The van der Waals surface area contributed by atoms with Gasteiger partial charge in [-0.3, -0.25) is 0 Å². The average Bonchev–Trinajstić information content (AvgIpc) is 3.57. The van der Waals surface area contributed by atoms with Crippen molar-refractivity contribution < 1.29 is 0 Å². The van der Waals surface area contributed by atoms with Gasteiger partial charge in [0.2, 0.25) is 0 Å². The van der Waals surface area contributed by atoms with Crippen molar-refractivity contribution in [1.29, 1.82) is 0 Å². The number of rotatable bonds is 17. The van der Waals surface area contributed by atoms with Crippen LogP contribution in [0.3, 0.4) is 0 Å². The highest BCUT2D eigenvalue weighted by Crippen LogP contribution is 2.55. The largest absolute Gasteiger partial charge is 0.309 e. The maximum atomic E-state index is 2.65. The first-order chi connectivity index (χ1) is 22.6. The number of unbranched alkanes of at least 4 members (excludes halogenated alkanes) is 10. The van der Waals surface area contributed by atoms with Crippen LogP contribution in [0.4, 0.5) is 0 Å². The van der Waals surface area contributed by atoms with Crippen LogP contribution in [-0.2, 0) is 5.41 Å². The third-order valence-corrected chi connectivity index (χ3v) is 11.3. The van der Waals surface area contributed by atoms with Crippen LogP contribution in [0.25, 0.3) is 38.6 Å². The highest BCUT2D eigenvalue weighted by atomic mass is 15.0. The van der Waals surface area contributed by atoms with E-state index >= 15 is 0 Å². The van der Waals surface area contributed by atoms with Gasteiger partial charge < -0.3 is 4.57 Å². The van der Waals surface area contributed by atoms with Crippen molar-refractivity contribution in [2.75, 3.05) is 0 Å². The number of nitrogens with zero attached hydrogens (tertiary/aromatic N) is 1. The summed E-state index contributed by atoms with van der Waals surface area (Å²) in [6, 6.07) is 33.0. The average molecular weight is 612 g/mol. The van der Waals surface area contributed by atoms with Crippen LogP contribution in [0.15, 0.2) is 84.9 Å². The van der Waals surface area contributed by atoms with Crippen molar-refractivity contribution in [3.8, 4) is 16.8 Å². The number of hydrogen-bond acceptors (Lipinski definition) is 0. The van der Waals surface area contributed by atoms with Gasteiger partial charge >= 0.3 is 0 Å². The van der Waals surface area contributed by atoms with E-state index in [1.165, 1.54) is 140 Å².